The molecule has 1 unspecified atom stereocenters. The SMILES string of the molecule is O=C1CC(NCCCCO)CCCN1. The van der Waals surface area contributed by atoms with E-state index in [9.17, 15) is 4.79 Å². The van der Waals surface area contributed by atoms with Crippen LogP contribution in [0.5, 0.6) is 0 Å². The molecular weight excluding hydrogens is 180 g/mol. The van der Waals surface area contributed by atoms with Crippen molar-refractivity contribution in [1.82, 2.24) is 10.6 Å². The van der Waals surface area contributed by atoms with Crippen molar-refractivity contribution in [2.45, 2.75) is 38.1 Å². The van der Waals surface area contributed by atoms with Crippen molar-refractivity contribution in [2.24, 2.45) is 0 Å². The summed E-state index contributed by atoms with van der Waals surface area (Å²) in [6.07, 6.45) is 4.54. The van der Waals surface area contributed by atoms with Gasteiger partial charge in [-0.05, 0) is 32.2 Å². The average Bonchev–Trinajstić information content (AvgIpc) is 2.38. The van der Waals surface area contributed by atoms with Crippen LogP contribution in [0.2, 0.25) is 0 Å². The number of amides is 1. The lowest BCUT2D eigenvalue weighted by atomic mass is 10.1. The van der Waals surface area contributed by atoms with Crippen molar-refractivity contribution in [2.75, 3.05) is 19.7 Å². The molecule has 0 bridgehead atoms. The van der Waals surface area contributed by atoms with Crippen LogP contribution in [-0.2, 0) is 4.79 Å². The molecule has 1 aliphatic heterocycles. The first-order valence-electron chi connectivity index (χ1n) is 5.44. The first-order chi connectivity index (χ1) is 6.83. The second-order valence-corrected chi connectivity index (χ2v) is 3.78. The third-order valence-corrected chi connectivity index (χ3v) is 2.50. The number of aliphatic hydroxyl groups excluding tert-OH is 1. The molecule has 0 aromatic heterocycles. The second-order valence-electron chi connectivity index (χ2n) is 3.78. The lowest BCUT2D eigenvalue weighted by Gasteiger charge is -2.14. The summed E-state index contributed by atoms with van der Waals surface area (Å²) in [6.45, 7) is 1.97. The Morgan fingerprint density at radius 1 is 1.50 bits per heavy atom. The summed E-state index contributed by atoms with van der Waals surface area (Å²) < 4.78 is 0. The number of unbranched alkanes of at least 4 members (excludes halogenated alkanes) is 1. The maximum atomic E-state index is 11.2. The lowest BCUT2D eigenvalue weighted by molar-refractivity contribution is -0.121. The first-order valence-corrected chi connectivity index (χ1v) is 5.44. The molecule has 14 heavy (non-hydrogen) atoms. The molecule has 1 rings (SSSR count). The van der Waals surface area contributed by atoms with Crippen molar-refractivity contribution in [1.29, 1.82) is 0 Å². The normalized spacial score (nSPS) is 22.9. The van der Waals surface area contributed by atoms with Crippen LogP contribution in [0.3, 0.4) is 0 Å². The highest BCUT2D eigenvalue weighted by molar-refractivity contribution is 5.76. The zero-order chi connectivity index (χ0) is 10.2. The third kappa shape index (κ3) is 4.58. The van der Waals surface area contributed by atoms with Gasteiger partial charge >= 0.3 is 0 Å². The monoisotopic (exact) mass is 200 g/mol. The number of hydrogen-bond acceptors (Lipinski definition) is 3. The van der Waals surface area contributed by atoms with Gasteiger partial charge in [-0.15, -0.1) is 0 Å². The predicted octanol–water partition coefficient (Wildman–Crippen LogP) is 0.0172. The van der Waals surface area contributed by atoms with Gasteiger partial charge in [-0.1, -0.05) is 0 Å². The van der Waals surface area contributed by atoms with Gasteiger partial charge in [0.25, 0.3) is 0 Å². The molecule has 82 valence electrons. The molecule has 4 nitrogen and oxygen atoms in total. The highest BCUT2D eigenvalue weighted by Crippen LogP contribution is 2.05. The Bertz CT molecular complexity index is 174. The molecule has 0 aliphatic carbocycles. The van der Waals surface area contributed by atoms with Crippen LogP contribution in [-0.4, -0.2) is 36.8 Å². The van der Waals surface area contributed by atoms with Crippen molar-refractivity contribution in [3.8, 4) is 0 Å². The van der Waals surface area contributed by atoms with Crippen molar-refractivity contribution < 1.29 is 9.90 Å². The third-order valence-electron chi connectivity index (χ3n) is 2.50. The van der Waals surface area contributed by atoms with Gasteiger partial charge < -0.3 is 15.7 Å². The van der Waals surface area contributed by atoms with E-state index in [0.717, 1.165) is 38.8 Å². The van der Waals surface area contributed by atoms with Gasteiger partial charge in [0.15, 0.2) is 0 Å². The van der Waals surface area contributed by atoms with E-state index in [0.29, 0.717) is 12.5 Å². The summed E-state index contributed by atoms with van der Waals surface area (Å²) in [5, 5.41) is 14.8. The van der Waals surface area contributed by atoms with E-state index in [2.05, 4.69) is 10.6 Å². The van der Waals surface area contributed by atoms with E-state index in [-0.39, 0.29) is 12.5 Å². The number of carbonyl (C=O) groups is 1. The van der Waals surface area contributed by atoms with Crippen LogP contribution in [0, 0.1) is 0 Å². The zero-order valence-corrected chi connectivity index (χ0v) is 8.59. The molecule has 0 saturated carbocycles. The minimum atomic E-state index is 0.155. The molecule has 1 atom stereocenters. The Balaban J connectivity index is 2.12. The number of carbonyl (C=O) groups excluding carboxylic acids is 1. The van der Waals surface area contributed by atoms with E-state index in [1.165, 1.54) is 0 Å². The molecule has 1 heterocycles. The number of nitrogens with one attached hydrogen (secondary N) is 2. The molecule has 0 spiro atoms. The molecule has 1 aliphatic rings. The summed E-state index contributed by atoms with van der Waals surface area (Å²) in [5.74, 6) is 0.155. The molecular formula is C10H20N2O2. The van der Waals surface area contributed by atoms with E-state index in [1.54, 1.807) is 0 Å². The largest absolute Gasteiger partial charge is 0.396 e. The first kappa shape index (κ1) is 11.5. The maximum Gasteiger partial charge on any atom is 0.221 e. The molecule has 0 radical (unpaired) electrons. The topological polar surface area (TPSA) is 61.4 Å². The van der Waals surface area contributed by atoms with Gasteiger partial charge in [0.2, 0.25) is 5.91 Å². The van der Waals surface area contributed by atoms with Crippen molar-refractivity contribution in [3.63, 3.8) is 0 Å². The lowest BCUT2D eigenvalue weighted by Crippen LogP contribution is -2.33. The highest BCUT2D eigenvalue weighted by atomic mass is 16.2. The Morgan fingerprint density at radius 3 is 3.14 bits per heavy atom. The maximum absolute atomic E-state index is 11.2. The molecule has 1 fully saturated rings. The van der Waals surface area contributed by atoms with Crippen LogP contribution < -0.4 is 10.6 Å². The molecule has 3 N–H and O–H groups in total. The number of aliphatic hydroxyl groups is 1. The van der Waals surface area contributed by atoms with Crippen molar-refractivity contribution in [3.05, 3.63) is 0 Å². The Kier molecular flexibility index (Phi) is 5.56. The van der Waals surface area contributed by atoms with Crippen LogP contribution in [0.4, 0.5) is 0 Å². The minimum absolute atomic E-state index is 0.155. The predicted molar refractivity (Wildman–Crippen MR) is 55.0 cm³/mol. The quantitative estimate of drug-likeness (QED) is 0.548. The van der Waals surface area contributed by atoms with Crippen LogP contribution in [0.1, 0.15) is 32.1 Å². The van der Waals surface area contributed by atoms with E-state index in [4.69, 9.17) is 5.11 Å². The average molecular weight is 200 g/mol. The Morgan fingerprint density at radius 2 is 2.36 bits per heavy atom. The van der Waals surface area contributed by atoms with Gasteiger partial charge in [-0.3, -0.25) is 4.79 Å². The van der Waals surface area contributed by atoms with Crippen LogP contribution >= 0.6 is 0 Å². The Hall–Kier alpha value is -0.610. The fraction of sp³-hybridized carbons (Fsp3) is 0.900. The van der Waals surface area contributed by atoms with Gasteiger partial charge in [0.1, 0.15) is 0 Å². The number of rotatable bonds is 5. The second kappa shape index (κ2) is 6.79. The number of hydrogen-bond donors (Lipinski definition) is 3. The van der Waals surface area contributed by atoms with Gasteiger partial charge in [-0.25, -0.2) is 0 Å². The summed E-state index contributed by atoms with van der Waals surface area (Å²) >= 11 is 0. The van der Waals surface area contributed by atoms with E-state index in [1.807, 2.05) is 0 Å². The van der Waals surface area contributed by atoms with Gasteiger partial charge in [0.05, 0.1) is 0 Å². The summed E-state index contributed by atoms with van der Waals surface area (Å²) in [5.41, 5.74) is 0. The highest BCUT2D eigenvalue weighted by Gasteiger charge is 2.15. The van der Waals surface area contributed by atoms with Gasteiger partial charge in [-0.2, -0.15) is 0 Å². The van der Waals surface area contributed by atoms with E-state index < -0.39 is 0 Å². The van der Waals surface area contributed by atoms with Crippen molar-refractivity contribution >= 4 is 5.91 Å². The van der Waals surface area contributed by atoms with E-state index >= 15 is 0 Å². The van der Waals surface area contributed by atoms with Crippen LogP contribution in [0.15, 0.2) is 0 Å². The summed E-state index contributed by atoms with van der Waals surface area (Å²) in [7, 11) is 0. The summed E-state index contributed by atoms with van der Waals surface area (Å²) in [4.78, 5) is 11.2. The molecule has 0 aromatic carbocycles. The smallest absolute Gasteiger partial charge is 0.221 e. The summed E-state index contributed by atoms with van der Waals surface area (Å²) in [6, 6.07) is 0.330. The van der Waals surface area contributed by atoms with Gasteiger partial charge in [0, 0.05) is 25.6 Å². The molecule has 4 heteroatoms. The fourth-order valence-electron chi connectivity index (χ4n) is 1.69. The van der Waals surface area contributed by atoms with Crippen LogP contribution in [0.25, 0.3) is 0 Å². The minimum Gasteiger partial charge on any atom is -0.396 e. The molecule has 1 saturated heterocycles. The Labute approximate surface area is 85.1 Å². The molecule has 0 aromatic rings. The standard InChI is InChI=1S/C10H20N2O2/c13-7-2-1-5-11-9-4-3-6-12-10(14)8-9/h9,11,13H,1-8H2,(H,12,14). The molecule has 1 amide bonds. The zero-order valence-electron chi connectivity index (χ0n) is 8.59. The fourth-order valence-corrected chi connectivity index (χ4v) is 1.69.